The number of nitrogen functional groups attached to an aromatic ring is 1. The van der Waals surface area contributed by atoms with Gasteiger partial charge in [0, 0.05) is 15.5 Å². The molecule has 66 valence electrons. The van der Waals surface area contributed by atoms with Crippen molar-refractivity contribution in [3.63, 3.8) is 0 Å². The molecule has 0 heterocycles. The fourth-order valence-electron chi connectivity index (χ4n) is 1.32. The van der Waals surface area contributed by atoms with Crippen LogP contribution in [-0.4, -0.2) is 5.11 Å². The second-order valence-electron chi connectivity index (χ2n) is 2.87. The smallest absolute Gasteiger partial charge is 0.116 e. The van der Waals surface area contributed by atoms with Gasteiger partial charge >= 0.3 is 0 Å². The summed E-state index contributed by atoms with van der Waals surface area (Å²) in [6.45, 7) is 0. The Morgan fingerprint density at radius 3 is 2.62 bits per heavy atom. The van der Waals surface area contributed by atoms with Crippen molar-refractivity contribution in [2.75, 3.05) is 5.73 Å². The number of phenolic OH excluding ortho intramolecular Hbond substituents is 1. The molecule has 0 amide bonds. The molecule has 0 fully saturated rings. The number of benzene rings is 2. The molecule has 0 spiro atoms. The molecule has 3 N–H and O–H groups in total. The van der Waals surface area contributed by atoms with Gasteiger partial charge in [-0.05, 0) is 35.7 Å². The van der Waals surface area contributed by atoms with E-state index in [0.717, 1.165) is 15.2 Å². The lowest BCUT2D eigenvalue weighted by molar-refractivity contribution is 0.476. The molecule has 2 nitrogen and oxygen atoms in total. The van der Waals surface area contributed by atoms with Crippen molar-refractivity contribution >= 4 is 32.4 Å². The summed E-state index contributed by atoms with van der Waals surface area (Å²) in [5.74, 6) is 0.234. The van der Waals surface area contributed by atoms with Gasteiger partial charge < -0.3 is 10.8 Å². The lowest BCUT2D eigenvalue weighted by Crippen LogP contribution is -1.86. The Bertz CT molecular complexity index is 468. The number of nitrogens with two attached hydrogens (primary N) is 1. The van der Waals surface area contributed by atoms with Crippen LogP contribution < -0.4 is 5.73 Å². The molecule has 0 aliphatic heterocycles. The van der Waals surface area contributed by atoms with Gasteiger partial charge in [0.1, 0.15) is 5.75 Å². The van der Waals surface area contributed by atoms with Crippen LogP contribution >= 0.6 is 15.9 Å². The van der Waals surface area contributed by atoms with Crippen molar-refractivity contribution in [2.24, 2.45) is 0 Å². The summed E-state index contributed by atoms with van der Waals surface area (Å²) in [7, 11) is 0. The van der Waals surface area contributed by atoms with E-state index in [4.69, 9.17) is 5.73 Å². The normalized spacial score (nSPS) is 10.5. The van der Waals surface area contributed by atoms with Crippen molar-refractivity contribution in [1.82, 2.24) is 0 Å². The maximum Gasteiger partial charge on any atom is 0.116 e. The number of halogens is 1. The highest BCUT2D eigenvalue weighted by Crippen LogP contribution is 2.30. The number of aromatic hydroxyl groups is 1. The Balaban J connectivity index is 2.92. The average Bonchev–Trinajstić information content (AvgIpc) is 2.12. The molecular weight excluding hydrogens is 230 g/mol. The van der Waals surface area contributed by atoms with Crippen molar-refractivity contribution in [3.05, 3.63) is 34.8 Å². The van der Waals surface area contributed by atoms with E-state index in [1.807, 2.05) is 18.2 Å². The number of anilines is 1. The fourth-order valence-corrected chi connectivity index (χ4v) is 1.80. The van der Waals surface area contributed by atoms with E-state index >= 15 is 0 Å². The first-order valence-corrected chi connectivity index (χ1v) is 4.64. The zero-order chi connectivity index (χ0) is 9.42. The van der Waals surface area contributed by atoms with E-state index in [9.17, 15) is 5.11 Å². The summed E-state index contributed by atoms with van der Waals surface area (Å²) in [5.41, 5.74) is 6.44. The van der Waals surface area contributed by atoms with Gasteiger partial charge in [-0.3, -0.25) is 0 Å². The monoisotopic (exact) mass is 237 g/mol. The first-order valence-electron chi connectivity index (χ1n) is 3.85. The number of fused-ring (bicyclic) bond motifs is 1. The Morgan fingerprint density at radius 2 is 1.85 bits per heavy atom. The Hall–Kier alpha value is -1.22. The highest BCUT2D eigenvalue weighted by atomic mass is 79.9. The van der Waals surface area contributed by atoms with Gasteiger partial charge in [-0.25, -0.2) is 0 Å². The quantitative estimate of drug-likeness (QED) is 0.693. The lowest BCUT2D eigenvalue weighted by Gasteiger charge is -2.04. The molecule has 2 aromatic rings. The maximum atomic E-state index is 9.27. The molecule has 0 saturated heterocycles. The third-order valence-electron chi connectivity index (χ3n) is 1.98. The predicted octanol–water partition coefficient (Wildman–Crippen LogP) is 2.89. The summed E-state index contributed by atoms with van der Waals surface area (Å²) in [6.07, 6.45) is 0. The molecule has 0 saturated carbocycles. The highest BCUT2D eigenvalue weighted by Gasteiger charge is 2.02. The predicted molar refractivity (Wildman–Crippen MR) is 57.7 cm³/mol. The van der Waals surface area contributed by atoms with Crippen LogP contribution in [0.4, 0.5) is 5.69 Å². The highest BCUT2D eigenvalue weighted by molar-refractivity contribution is 9.10. The van der Waals surface area contributed by atoms with E-state index in [2.05, 4.69) is 15.9 Å². The number of hydrogen-bond donors (Lipinski definition) is 2. The Kier molecular flexibility index (Phi) is 1.88. The minimum atomic E-state index is 0.234. The van der Waals surface area contributed by atoms with E-state index < -0.39 is 0 Å². The standard InChI is InChI=1S/C10H8BrNO/c11-9-3-4-10(12)8-5-6(13)1-2-7(8)9/h1-5,13H,12H2. The minimum absolute atomic E-state index is 0.234. The van der Waals surface area contributed by atoms with Crippen LogP contribution in [0.3, 0.4) is 0 Å². The van der Waals surface area contributed by atoms with Crippen LogP contribution in [0.1, 0.15) is 0 Å². The molecule has 0 aliphatic rings. The molecule has 0 aliphatic carbocycles. The SMILES string of the molecule is Nc1ccc(Br)c2ccc(O)cc12. The van der Waals surface area contributed by atoms with Crippen LogP contribution in [0.15, 0.2) is 34.8 Å². The molecule has 0 radical (unpaired) electrons. The molecule has 2 aromatic carbocycles. The molecule has 0 unspecified atom stereocenters. The number of rotatable bonds is 0. The van der Waals surface area contributed by atoms with Crippen LogP contribution in [0.25, 0.3) is 10.8 Å². The number of phenols is 1. The van der Waals surface area contributed by atoms with Crippen molar-refractivity contribution in [1.29, 1.82) is 0 Å². The summed E-state index contributed by atoms with van der Waals surface area (Å²) in [6, 6.07) is 8.85. The van der Waals surface area contributed by atoms with Crippen molar-refractivity contribution in [2.45, 2.75) is 0 Å². The second-order valence-corrected chi connectivity index (χ2v) is 3.72. The van der Waals surface area contributed by atoms with Crippen molar-refractivity contribution in [3.8, 4) is 5.75 Å². The van der Waals surface area contributed by atoms with Gasteiger partial charge in [-0.2, -0.15) is 0 Å². The minimum Gasteiger partial charge on any atom is -0.508 e. The van der Waals surface area contributed by atoms with E-state index in [1.165, 1.54) is 0 Å². The first-order chi connectivity index (χ1) is 6.18. The largest absolute Gasteiger partial charge is 0.508 e. The van der Waals surface area contributed by atoms with Crippen molar-refractivity contribution < 1.29 is 5.11 Å². The van der Waals surface area contributed by atoms with Crippen LogP contribution in [0.2, 0.25) is 0 Å². The Labute approximate surface area is 84.1 Å². The van der Waals surface area contributed by atoms with Gasteiger partial charge in [0.05, 0.1) is 0 Å². The molecular formula is C10H8BrNO. The third kappa shape index (κ3) is 1.35. The Morgan fingerprint density at radius 1 is 1.08 bits per heavy atom. The molecule has 0 bridgehead atoms. The zero-order valence-electron chi connectivity index (χ0n) is 6.79. The first kappa shape index (κ1) is 8.38. The molecule has 2 rings (SSSR count). The molecule has 0 atom stereocenters. The summed E-state index contributed by atoms with van der Waals surface area (Å²) in [5, 5.41) is 11.2. The van der Waals surface area contributed by atoms with Gasteiger partial charge in [0.25, 0.3) is 0 Å². The lowest BCUT2D eigenvalue weighted by atomic mass is 10.1. The van der Waals surface area contributed by atoms with Crippen LogP contribution in [0.5, 0.6) is 5.75 Å². The van der Waals surface area contributed by atoms with E-state index in [-0.39, 0.29) is 5.75 Å². The van der Waals surface area contributed by atoms with Crippen LogP contribution in [0, 0.1) is 0 Å². The maximum absolute atomic E-state index is 9.27. The summed E-state index contributed by atoms with van der Waals surface area (Å²) < 4.78 is 0.983. The molecule has 0 aromatic heterocycles. The summed E-state index contributed by atoms with van der Waals surface area (Å²) >= 11 is 3.42. The van der Waals surface area contributed by atoms with E-state index in [1.54, 1.807) is 12.1 Å². The van der Waals surface area contributed by atoms with Crippen LogP contribution in [-0.2, 0) is 0 Å². The fraction of sp³-hybridized carbons (Fsp3) is 0. The van der Waals surface area contributed by atoms with E-state index in [0.29, 0.717) is 5.69 Å². The number of hydrogen-bond acceptors (Lipinski definition) is 2. The van der Waals surface area contributed by atoms with Gasteiger partial charge in [0.15, 0.2) is 0 Å². The topological polar surface area (TPSA) is 46.2 Å². The van der Waals surface area contributed by atoms with Gasteiger partial charge in [-0.15, -0.1) is 0 Å². The molecule has 3 heteroatoms. The molecule has 13 heavy (non-hydrogen) atoms. The average molecular weight is 238 g/mol. The second kappa shape index (κ2) is 2.92. The van der Waals surface area contributed by atoms with Gasteiger partial charge in [0.2, 0.25) is 0 Å². The zero-order valence-corrected chi connectivity index (χ0v) is 8.38. The van der Waals surface area contributed by atoms with Gasteiger partial charge in [-0.1, -0.05) is 15.9 Å². The third-order valence-corrected chi connectivity index (χ3v) is 2.67. The summed E-state index contributed by atoms with van der Waals surface area (Å²) in [4.78, 5) is 0.